The quantitative estimate of drug-likeness (QED) is 0.915. The highest BCUT2D eigenvalue weighted by molar-refractivity contribution is 5.78. The molecule has 1 saturated carbocycles. The molecule has 1 aliphatic rings. The van der Waals surface area contributed by atoms with E-state index in [9.17, 15) is 4.79 Å². The van der Waals surface area contributed by atoms with E-state index in [0.29, 0.717) is 6.42 Å². The maximum absolute atomic E-state index is 12.1. The van der Waals surface area contributed by atoms with Crippen molar-refractivity contribution in [3.63, 3.8) is 0 Å². The molecule has 3 heteroatoms. The van der Waals surface area contributed by atoms with Gasteiger partial charge in [0.15, 0.2) is 0 Å². The average Bonchev–Trinajstić information content (AvgIpc) is 2.48. The van der Waals surface area contributed by atoms with E-state index >= 15 is 0 Å². The summed E-state index contributed by atoms with van der Waals surface area (Å²) in [6, 6.07) is 14.3. The molecule has 0 aliphatic heterocycles. The van der Waals surface area contributed by atoms with E-state index in [1.54, 1.807) is 12.4 Å². The number of carbonyl (C=O) groups excluding carboxylic acids is 1. The van der Waals surface area contributed by atoms with E-state index in [0.717, 1.165) is 24.9 Å². The summed E-state index contributed by atoms with van der Waals surface area (Å²) in [7, 11) is 0. The van der Waals surface area contributed by atoms with Gasteiger partial charge < -0.3 is 5.32 Å². The largest absolute Gasteiger partial charge is 0.355 e. The summed E-state index contributed by atoms with van der Waals surface area (Å²) in [6.45, 7) is 0.737. The summed E-state index contributed by atoms with van der Waals surface area (Å²) in [4.78, 5) is 16.1. The zero-order valence-electron chi connectivity index (χ0n) is 12.1. The molecule has 1 aromatic carbocycles. The molecule has 1 amide bonds. The second kappa shape index (κ2) is 6.08. The summed E-state index contributed by atoms with van der Waals surface area (Å²) in [5.41, 5.74) is 2.50. The first kappa shape index (κ1) is 13.8. The van der Waals surface area contributed by atoms with E-state index in [2.05, 4.69) is 34.6 Å². The Kier molecular flexibility index (Phi) is 4.00. The first-order valence-corrected chi connectivity index (χ1v) is 7.50. The van der Waals surface area contributed by atoms with Crippen LogP contribution in [0.1, 0.15) is 30.4 Å². The number of aromatic nitrogens is 1. The van der Waals surface area contributed by atoms with Crippen molar-refractivity contribution in [1.29, 1.82) is 0 Å². The fourth-order valence-corrected chi connectivity index (χ4v) is 2.98. The van der Waals surface area contributed by atoms with E-state index in [4.69, 9.17) is 0 Å². The molecule has 21 heavy (non-hydrogen) atoms. The molecule has 1 aromatic heterocycles. The van der Waals surface area contributed by atoms with Crippen molar-refractivity contribution < 1.29 is 4.79 Å². The number of benzene rings is 1. The van der Waals surface area contributed by atoms with Crippen molar-refractivity contribution in [3.8, 4) is 0 Å². The third-order valence-corrected chi connectivity index (χ3v) is 4.43. The van der Waals surface area contributed by atoms with Crippen LogP contribution >= 0.6 is 0 Å². The van der Waals surface area contributed by atoms with E-state index < -0.39 is 0 Å². The van der Waals surface area contributed by atoms with E-state index in [1.165, 1.54) is 12.0 Å². The van der Waals surface area contributed by atoms with Crippen molar-refractivity contribution in [1.82, 2.24) is 10.3 Å². The molecule has 0 saturated heterocycles. The number of pyridine rings is 1. The van der Waals surface area contributed by atoms with Crippen molar-refractivity contribution in [2.45, 2.75) is 31.1 Å². The van der Waals surface area contributed by atoms with Crippen LogP contribution < -0.4 is 5.32 Å². The lowest BCUT2D eigenvalue weighted by Gasteiger charge is -2.42. The molecular weight excluding hydrogens is 260 g/mol. The lowest BCUT2D eigenvalue weighted by molar-refractivity contribution is -0.120. The fourth-order valence-electron chi connectivity index (χ4n) is 2.98. The number of hydrogen-bond acceptors (Lipinski definition) is 2. The Bertz CT molecular complexity index is 591. The minimum atomic E-state index is 0.0865. The van der Waals surface area contributed by atoms with Crippen LogP contribution in [0.15, 0.2) is 54.9 Å². The topological polar surface area (TPSA) is 42.0 Å². The molecular formula is C18H20N2O. The second-order valence-corrected chi connectivity index (χ2v) is 5.81. The monoisotopic (exact) mass is 280 g/mol. The van der Waals surface area contributed by atoms with Gasteiger partial charge in [0.05, 0.1) is 6.42 Å². The Morgan fingerprint density at radius 3 is 2.43 bits per heavy atom. The zero-order chi connectivity index (χ0) is 14.5. The van der Waals surface area contributed by atoms with Crippen molar-refractivity contribution in [2.75, 3.05) is 6.54 Å². The lowest BCUT2D eigenvalue weighted by Crippen LogP contribution is -2.45. The molecule has 3 nitrogen and oxygen atoms in total. The molecule has 0 radical (unpaired) electrons. The first-order chi connectivity index (χ1) is 10.3. The Labute approximate surface area is 125 Å². The zero-order valence-corrected chi connectivity index (χ0v) is 12.1. The number of nitrogens with one attached hydrogen (secondary N) is 1. The number of amides is 1. The normalized spacial score (nSPS) is 16.0. The Hall–Kier alpha value is -2.16. The van der Waals surface area contributed by atoms with Crippen LogP contribution in [0.4, 0.5) is 0 Å². The molecule has 0 atom stereocenters. The molecule has 2 aromatic rings. The lowest BCUT2D eigenvalue weighted by atomic mass is 9.64. The third-order valence-electron chi connectivity index (χ3n) is 4.43. The summed E-state index contributed by atoms with van der Waals surface area (Å²) in [6.07, 6.45) is 7.43. The SMILES string of the molecule is O=C(Cc1ccncc1)NCC1(c2ccccc2)CCC1. The maximum atomic E-state index is 12.1. The fraction of sp³-hybridized carbons (Fsp3) is 0.333. The van der Waals surface area contributed by atoms with Gasteiger partial charge in [-0.05, 0) is 36.1 Å². The predicted octanol–water partition coefficient (Wildman–Crippen LogP) is 2.86. The maximum Gasteiger partial charge on any atom is 0.224 e. The Morgan fingerprint density at radius 1 is 1.10 bits per heavy atom. The van der Waals surface area contributed by atoms with Crippen LogP contribution in [0.25, 0.3) is 0 Å². The van der Waals surface area contributed by atoms with Gasteiger partial charge in [0.25, 0.3) is 0 Å². The minimum Gasteiger partial charge on any atom is -0.355 e. The molecule has 0 bridgehead atoms. The van der Waals surface area contributed by atoms with Gasteiger partial charge in [-0.3, -0.25) is 9.78 Å². The van der Waals surface area contributed by atoms with E-state index in [1.807, 2.05) is 18.2 Å². The Balaban J connectivity index is 1.60. The number of carbonyl (C=O) groups is 1. The molecule has 1 heterocycles. The van der Waals surface area contributed by atoms with Gasteiger partial charge in [0.2, 0.25) is 5.91 Å². The van der Waals surface area contributed by atoms with Gasteiger partial charge in [-0.15, -0.1) is 0 Å². The first-order valence-electron chi connectivity index (χ1n) is 7.50. The standard InChI is InChI=1S/C18H20N2O/c21-17(13-15-7-11-19-12-8-15)20-14-18(9-4-10-18)16-5-2-1-3-6-16/h1-3,5-8,11-12H,4,9-10,13-14H2,(H,20,21). The molecule has 0 spiro atoms. The number of hydrogen-bond donors (Lipinski definition) is 1. The van der Waals surface area contributed by atoms with Gasteiger partial charge in [0.1, 0.15) is 0 Å². The second-order valence-electron chi connectivity index (χ2n) is 5.81. The summed E-state index contributed by atoms with van der Waals surface area (Å²) in [5.74, 6) is 0.0865. The summed E-state index contributed by atoms with van der Waals surface area (Å²) >= 11 is 0. The predicted molar refractivity (Wildman–Crippen MR) is 82.9 cm³/mol. The Morgan fingerprint density at radius 2 is 1.81 bits per heavy atom. The van der Waals surface area contributed by atoms with Crippen LogP contribution in [0.5, 0.6) is 0 Å². The van der Waals surface area contributed by atoms with Gasteiger partial charge in [0, 0.05) is 24.4 Å². The van der Waals surface area contributed by atoms with Gasteiger partial charge in [-0.2, -0.15) is 0 Å². The summed E-state index contributed by atoms with van der Waals surface area (Å²) in [5, 5.41) is 3.11. The van der Waals surface area contributed by atoms with E-state index in [-0.39, 0.29) is 11.3 Å². The number of nitrogens with zero attached hydrogens (tertiary/aromatic N) is 1. The highest BCUT2D eigenvalue weighted by atomic mass is 16.1. The van der Waals surface area contributed by atoms with Crippen LogP contribution in [0.2, 0.25) is 0 Å². The minimum absolute atomic E-state index is 0.0865. The number of rotatable bonds is 5. The van der Waals surface area contributed by atoms with Crippen LogP contribution in [-0.4, -0.2) is 17.4 Å². The smallest absolute Gasteiger partial charge is 0.224 e. The molecule has 1 fully saturated rings. The average molecular weight is 280 g/mol. The molecule has 0 unspecified atom stereocenters. The van der Waals surface area contributed by atoms with Crippen molar-refractivity contribution in [3.05, 3.63) is 66.0 Å². The van der Waals surface area contributed by atoms with Crippen LogP contribution in [0.3, 0.4) is 0 Å². The molecule has 3 rings (SSSR count). The van der Waals surface area contributed by atoms with Crippen molar-refractivity contribution in [2.24, 2.45) is 0 Å². The van der Waals surface area contributed by atoms with Gasteiger partial charge >= 0.3 is 0 Å². The van der Waals surface area contributed by atoms with Gasteiger partial charge in [-0.25, -0.2) is 0 Å². The third kappa shape index (κ3) is 3.13. The molecule has 1 N–H and O–H groups in total. The highest BCUT2D eigenvalue weighted by Gasteiger charge is 2.38. The van der Waals surface area contributed by atoms with Gasteiger partial charge in [-0.1, -0.05) is 36.8 Å². The molecule has 1 aliphatic carbocycles. The van der Waals surface area contributed by atoms with Crippen LogP contribution in [0, 0.1) is 0 Å². The summed E-state index contributed by atoms with van der Waals surface area (Å²) < 4.78 is 0. The van der Waals surface area contributed by atoms with Crippen LogP contribution in [-0.2, 0) is 16.6 Å². The van der Waals surface area contributed by atoms with Crippen molar-refractivity contribution >= 4 is 5.91 Å². The molecule has 108 valence electrons. The highest BCUT2D eigenvalue weighted by Crippen LogP contribution is 2.43.